The minimum absolute atomic E-state index is 0.263. The third kappa shape index (κ3) is 4.84. The summed E-state index contributed by atoms with van der Waals surface area (Å²) in [6.07, 6.45) is -1.89. The number of hydrogen-bond acceptors (Lipinski definition) is 2. The molecule has 0 aliphatic carbocycles. The fourth-order valence-corrected chi connectivity index (χ4v) is 2.44. The molecule has 1 atom stereocenters. The summed E-state index contributed by atoms with van der Waals surface area (Å²) in [6.45, 7) is 1.66. The van der Waals surface area contributed by atoms with Gasteiger partial charge in [-0.15, -0.1) is 0 Å². The average Bonchev–Trinajstić information content (AvgIpc) is 2.87. The van der Waals surface area contributed by atoms with Gasteiger partial charge in [-0.05, 0) is 31.5 Å². The van der Waals surface area contributed by atoms with Gasteiger partial charge in [-0.25, -0.2) is 0 Å². The zero-order chi connectivity index (χ0) is 13.7. The minimum atomic E-state index is -4.17. The van der Waals surface area contributed by atoms with Gasteiger partial charge in [0, 0.05) is 12.6 Å². The smallest absolute Gasteiger partial charge is 0.301 e. The summed E-state index contributed by atoms with van der Waals surface area (Å²) < 4.78 is 37.1. The number of benzene rings is 1. The van der Waals surface area contributed by atoms with E-state index >= 15 is 0 Å². The molecule has 1 heterocycles. The van der Waals surface area contributed by atoms with Gasteiger partial charge in [-0.3, -0.25) is 0 Å². The number of alkyl halides is 3. The molecule has 0 radical (unpaired) electrons. The van der Waals surface area contributed by atoms with E-state index < -0.39 is 12.7 Å². The van der Waals surface area contributed by atoms with Crippen molar-refractivity contribution in [3.8, 4) is 0 Å². The average molecular weight is 272 g/mol. The van der Waals surface area contributed by atoms with Crippen molar-refractivity contribution in [1.29, 1.82) is 0 Å². The van der Waals surface area contributed by atoms with E-state index in [9.17, 15) is 13.2 Å². The van der Waals surface area contributed by atoms with Gasteiger partial charge >= 0.3 is 6.18 Å². The van der Waals surface area contributed by atoms with Crippen LogP contribution in [0, 0.1) is 0 Å². The van der Waals surface area contributed by atoms with Crippen molar-refractivity contribution in [2.24, 2.45) is 0 Å². The number of nitrogens with one attached hydrogen (secondary N) is 1. The number of rotatable bonds is 5. The van der Waals surface area contributed by atoms with E-state index in [1.54, 1.807) is 0 Å². The second-order valence-electron chi connectivity index (χ2n) is 4.97. The van der Waals surface area contributed by atoms with Crippen LogP contribution >= 0.6 is 0 Å². The van der Waals surface area contributed by atoms with Crippen LogP contribution in [0.1, 0.15) is 24.4 Å². The van der Waals surface area contributed by atoms with Crippen molar-refractivity contribution < 1.29 is 13.2 Å². The molecule has 1 aromatic carbocycles. The Hall–Kier alpha value is -1.07. The molecule has 1 saturated heterocycles. The van der Waals surface area contributed by atoms with E-state index in [2.05, 4.69) is 10.2 Å². The molecule has 0 amide bonds. The summed E-state index contributed by atoms with van der Waals surface area (Å²) in [7, 11) is 0. The highest BCUT2D eigenvalue weighted by atomic mass is 19.4. The van der Waals surface area contributed by atoms with Crippen molar-refractivity contribution >= 4 is 0 Å². The van der Waals surface area contributed by atoms with Gasteiger partial charge in [-0.2, -0.15) is 13.2 Å². The fraction of sp³-hybridized carbons (Fsp3) is 0.571. The van der Waals surface area contributed by atoms with Crippen molar-refractivity contribution in [3.05, 3.63) is 35.9 Å². The molecule has 0 spiro atoms. The summed E-state index contributed by atoms with van der Waals surface area (Å²) in [5.74, 6) is 0. The topological polar surface area (TPSA) is 15.3 Å². The summed E-state index contributed by atoms with van der Waals surface area (Å²) in [5.41, 5.74) is 0.915. The number of halogens is 3. The predicted molar refractivity (Wildman–Crippen MR) is 68.9 cm³/mol. The highest BCUT2D eigenvalue weighted by Crippen LogP contribution is 2.20. The molecule has 2 nitrogen and oxygen atoms in total. The molecule has 5 heteroatoms. The first-order valence-corrected chi connectivity index (χ1v) is 6.62. The summed E-state index contributed by atoms with van der Waals surface area (Å²) in [4.78, 5) is 2.22. The van der Waals surface area contributed by atoms with E-state index in [1.807, 2.05) is 30.3 Å². The van der Waals surface area contributed by atoms with Crippen LogP contribution in [0.5, 0.6) is 0 Å². The van der Waals surface area contributed by atoms with Gasteiger partial charge in [-0.1, -0.05) is 30.3 Å². The number of likely N-dealkylation sites (tertiary alicyclic amines) is 1. The first-order chi connectivity index (χ1) is 9.04. The Morgan fingerprint density at radius 3 is 2.32 bits per heavy atom. The Bertz CT molecular complexity index is 372. The van der Waals surface area contributed by atoms with E-state index in [-0.39, 0.29) is 6.04 Å². The quantitative estimate of drug-likeness (QED) is 0.886. The Kier molecular flexibility index (Phi) is 4.82. The van der Waals surface area contributed by atoms with E-state index in [1.165, 1.54) is 0 Å². The number of nitrogens with zero attached hydrogens (tertiary/aromatic N) is 1. The lowest BCUT2D eigenvalue weighted by Crippen LogP contribution is -2.38. The molecule has 1 aliphatic rings. The Labute approximate surface area is 111 Å². The molecule has 0 saturated carbocycles. The molecule has 1 N–H and O–H groups in total. The first kappa shape index (κ1) is 14.3. The molecule has 106 valence electrons. The zero-order valence-corrected chi connectivity index (χ0v) is 10.8. The lowest BCUT2D eigenvalue weighted by molar-refractivity contribution is -0.126. The van der Waals surface area contributed by atoms with Gasteiger partial charge in [0.2, 0.25) is 0 Å². The van der Waals surface area contributed by atoms with Crippen molar-refractivity contribution in [2.45, 2.75) is 25.1 Å². The van der Waals surface area contributed by atoms with E-state index in [0.29, 0.717) is 6.54 Å². The fourth-order valence-electron chi connectivity index (χ4n) is 2.44. The zero-order valence-electron chi connectivity index (χ0n) is 10.8. The molecule has 1 aliphatic heterocycles. The minimum Gasteiger partial charge on any atom is -0.301 e. The van der Waals surface area contributed by atoms with Crippen LogP contribution in [0.3, 0.4) is 0 Å². The Morgan fingerprint density at radius 1 is 1.11 bits per heavy atom. The van der Waals surface area contributed by atoms with Gasteiger partial charge in [0.1, 0.15) is 0 Å². The molecule has 0 unspecified atom stereocenters. The van der Waals surface area contributed by atoms with Crippen LogP contribution in [-0.4, -0.2) is 37.3 Å². The van der Waals surface area contributed by atoms with Crippen LogP contribution in [-0.2, 0) is 0 Å². The predicted octanol–water partition coefficient (Wildman–Crippen LogP) is 2.98. The van der Waals surface area contributed by atoms with Gasteiger partial charge in [0.25, 0.3) is 0 Å². The van der Waals surface area contributed by atoms with Crippen LogP contribution in [0.4, 0.5) is 13.2 Å². The summed E-state index contributed by atoms with van der Waals surface area (Å²) >= 11 is 0. The van der Waals surface area contributed by atoms with Crippen molar-refractivity contribution in [3.63, 3.8) is 0 Å². The largest absolute Gasteiger partial charge is 0.401 e. The normalized spacial score (nSPS) is 18.7. The van der Waals surface area contributed by atoms with Crippen LogP contribution in [0.25, 0.3) is 0 Å². The maximum atomic E-state index is 12.4. The second kappa shape index (κ2) is 6.39. The molecular weight excluding hydrogens is 253 g/mol. The number of hydrogen-bond donors (Lipinski definition) is 1. The maximum absolute atomic E-state index is 12.4. The second-order valence-corrected chi connectivity index (χ2v) is 4.97. The molecule has 2 rings (SSSR count). The Balaban J connectivity index is 2.00. The van der Waals surface area contributed by atoms with Gasteiger partial charge in [0.15, 0.2) is 0 Å². The van der Waals surface area contributed by atoms with Gasteiger partial charge in [0.05, 0.1) is 6.54 Å². The molecule has 0 bridgehead atoms. The highest BCUT2D eigenvalue weighted by Gasteiger charge is 2.29. The van der Waals surface area contributed by atoms with Gasteiger partial charge < -0.3 is 10.2 Å². The lowest BCUT2D eigenvalue weighted by atomic mass is 10.1. The molecule has 1 aromatic rings. The van der Waals surface area contributed by atoms with Crippen LogP contribution < -0.4 is 5.32 Å². The maximum Gasteiger partial charge on any atom is 0.401 e. The first-order valence-electron chi connectivity index (χ1n) is 6.62. The molecule has 19 heavy (non-hydrogen) atoms. The highest BCUT2D eigenvalue weighted by molar-refractivity contribution is 5.19. The van der Waals surface area contributed by atoms with Crippen molar-refractivity contribution in [1.82, 2.24) is 10.2 Å². The standard InChI is InChI=1S/C14H19F3N2/c15-14(16,17)11-18-13(10-19-8-4-5-9-19)12-6-2-1-3-7-12/h1-3,6-7,13,18H,4-5,8-11H2/t13-/m1/s1. The summed E-state index contributed by atoms with van der Waals surface area (Å²) in [5, 5.41) is 2.64. The van der Waals surface area contributed by atoms with Crippen LogP contribution in [0.15, 0.2) is 30.3 Å². The third-order valence-electron chi connectivity index (χ3n) is 3.39. The monoisotopic (exact) mass is 272 g/mol. The van der Waals surface area contributed by atoms with Crippen molar-refractivity contribution in [2.75, 3.05) is 26.2 Å². The Morgan fingerprint density at radius 2 is 1.74 bits per heavy atom. The lowest BCUT2D eigenvalue weighted by Gasteiger charge is -2.25. The molecular formula is C14H19F3N2. The molecule has 1 fully saturated rings. The molecule has 0 aromatic heterocycles. The van der Waals surface area contributed by atoms with E-state index in [0.717, 1.165) is 31.5 Å². The van der Waals surface area contributed by atoms with E-state index in [4.69, 9.17) is 0 Å². The third-order valence-corrected chi connectivity index (χ3v) is 3.39. The van der Waals surface area contributed by atoms with Crippen LogP contribution in [0.2, 0.25) is 0 Å². The SMILES string of the molecule is FC(F)(F)CN[C@H](CN1CCCC1)c1ccccc1. The summed E-state index contributed by atoms with van der Waals surface area (Å²) in [6, 6.07) is 9.10.